The Morgan fingerprint density at radius 2 is 2.08 bits per heavy atom. The van der Waals surface area contributed by atoms with Crippen LogP contribution in [0.25, 0.3) is 0 Å². The third-order valence-corrected chi connectivity index (χ3v) is 4.43. The monoisotopic (exact) mass is 342 g/mol. The Hall–Kier alpha value is -2.34. The van der Waals surface area contributed by atoms with E-state index in [1.54, 1.807) is 6.20 Å². The molecule has 2 heterocycles. The molecule has 0 saturated carbocycles. The number of hydrogen-bond donors (Lipinski definition) is 1. The molecule has 1 amide bonds. The van der Waals surface area contributed by atoms with Crippen LogP contribution in [0.1, 0.15) is 24.8 Å². The average molecular weight is 342 g/mol. The highest BCUT2D eigenvalue weighted by Gasteiger charge is 2.18. The number of benzene rings is 1. The summed E-state index contributed by atoms with van der Waals surface area (Å²) in [5.74, 6) is 0.873. The topological polar surface area (TPSA) is 59.4 Å². The molecule has 1 aliphatic rings. The van der Waals surface area contributed by atoms with Crippen molar-refractivity contribution < 1.29 is 9.53 Å². The van der Waals surface area contributed by atoms with Crippen LogP contribution in [0.3, 0.4) is 0 Å². The summed E-state index contributed by atoms with van der Waals surface area (Å²) in [6.45, 7) is 4.45. The molecule has 2 aromatic rings. The zero-order valence-electron chi connectivity index (χ0n) is 14.6. The molecule has 1 fully saturated rings. The normalized spacial score (nSPS) is 14.0. The molecule has 1 saturated heterocycles. The van der Waals surface area contributed by atoms with E-state index in [0.29, 0.717) is 0 Å². The maximum Gasteiger partial charge on any atom is 0.260 e. The van der Waals surface area contributed by atoms with Crippen LogP contribution in [0.4, 0.5) is 0 Å². The number of nitrogens with zero attached hydrogens (tertiary/aromatic N) is 3. The van der Waals surface area contributed by atoms with Gasteiger partial charge in [-0.15, -0.1) is 0 Å². The first-order chi connectivity index (χ1) is 12.3. The highest BCUT2D eigenvalue weighted by atomic mass is 16.5. The zero-order valence-corrected chi connectivity index (χ0v) is 14.6. The van der Waals surface area contributed by atoms with Crippen LogP contribution in [0.15, 0.2) is 43.0 Å². The zero-order chi connectivity index (χ0) is 17.3. The fraction of sp³-hybridized carbons (Fsp3) is 0.474. The van der Waals surface area contributed by atoms with Crippen molar-refractivity contribution in [2.24, 2.45) is 0 Å². The third-order valence-electron chi connectivity index (χ3n) is 4.43. The van der Waals surface area contributed by atoms with Gasteiger partial charge >= 0.3 is 0 Å². The summed E-state index contributed by atoms with van der Waals surface area (Å²) < 4.78 is 7.86. The maximum atomic E-state index is 12.1. The Balaban J connectivity index is 1.41. The maximum absolute atomic E-state index is 12.1. The lowest BCUT2D eigenvalue weighted by atomic mass is 10.2. The number of para-hydroxylation sites is 1. The van der Waals surface area contributed by atoms with E-state index in [-0.39, 0.29) is 12.5 Å². The Morgan fingerprint density at radius 1 is 1.24 bits per heavy atom. The fourth-order valence-corrected chi connectivity index (χ4v) is 3.02. The molecule has 1 aromatic carbocycles. The van der Waals surface area contributed by atoms with Gasteiger partial charge < -0.3 is 19.5 Å². The molecule has 0 bridgehead atoms. The SMILES string of the molecule is O=C(COc1ccccc1CNCCCn1ccnc1)N1CCCC1. The number of ether oxygens (including phenoxy) is 1. The summed E-state index contributed by atoms with van der Waals surface area (Å²) in [4.78, 5) is 18.0. The quantitative estimate of drug-likeness (QED) is 0.709. The van der Waals surface area contributed by atoms with Crippen molar-refractivity contribution in [3.8, 4) is 5.75 Å². The number of likely N-dealkylation sites (tertiary alicyclic amines) is 1. The minimum Gasteiger partial charge on any atom is -0.483 e. The van der Waals surface area contributed by atoms with Gasteiger partial charge in [0.1, 0.15) is 5.75 Å². The van der Waals surface area contributed by atoms with Gasteiger partial charge in [-0.05, 0) is 31.9 Å². The Morgan fingerprint density at radius 3 is 2.88 bits per heavy atom. The van der Waals surface area contributed by atoms with E-state index in [2.05, 4.69) is 14.9 Å². The second-order valence-corrected chi connectivity index (χ2v) is 6.32. The molecule has 0 aliphatic carbocycles. The van der Waals surface area contributed by atoms with Gasteiger partial charge in [-0.1, -0.05) is 18.2 Å². The summed E-state index contributed by atoms with van der Waals surface area (Å²) in [5, 5.41) is 3.44. The van der Waals surface area contributed by atoms with Crippen molar-refractivity contribution in [2.75, 3.05) is 26.2 Å². The van der Waals surface area contributed by atoms with E-state index in [4.69, 9.17) is 4.74 Å². The van der Waals surface area contributed by atoms with Crippen molar-refractivity contribution in [1.82, 2.24) is 19.8 Å². The fourth-order valence-electron chi connectivity index (χ4n) is 3.02. The van der Waals surface area contributed by atoms with Crippen molar-refractivity contribution in [3.63, 3.8) is 0 Å². The number of imidazole rings is 1. The highest BCUT2D eigenvalue weighted by molar-refractivity contribution is 5.78. The van der Waals surface area contributed by atoms with Crippen LogP contribution in [0.5, 0.6) is 5.75 Å². The van der Waals surface area contributed by atoms with E-state index in [1.807, 2.05) is 41.7 Å². The van der Waals surface area contributed by atoms with Gasteiger partial charge in [0.2, 0.25) is 0 Å². The summed E-state index contributed by atoms with van der Waals surface area (Å²) in [7, 11) is 0. The molecule has 6 nitrogen and oxygen atoms in total. The number of amides is 1. The van der Waals surface area contributed by atoms with E-state index in [9.17, 15) is 4.79 Å². The van der Waals surface area contributed by atoms with Crippen LogP contribution in [-0.4, -0.2) is 46.6 Å². The molecule has 25 heavy (non-hydrogen) atoms. The summed E-state index contributed by atoms with van der Waals surface area (Å²) in [5.41, 5.74) is 1.08. The molecule has 3 rings (SSSR count). The standard InChI is InChI=1S/C19H26N4O2/c24-19(23-11-3-4-12-23)15-25-18-7-2-1-6-17(18)14-20-8-5-10-22-13-9-21-16-22/h1-2,6-7,9,13,16,20H,3-5,8,10-12,14-15H2. The van der Waals surface area contributed by atoms with E-state index in [1.165, 1.54) is 0 Å². The molecule has 134 valence electrons. The first-order valence-electron chi connectivity index (χ1n) is 8.98. The van der Waals surface area contributed by atoms with Gasteiger partial charge in [-0.2, -0.15) is 0 Å². The molecule has 6 heteroatoms. The minimum absolute atomic E-state index is 0.0839. The number of carbonyl (C=O) groups is 1. The molecular formula is C19H26N4O2. The largest absolute Gasteiger partial charge is 0.483 e. The van der Waals surface area contributed by atoms with Gasteiger partial charge in [-0.25, -0.2) is 4.98 Å². The molecule has 1 aromatic heterocycles. The molecule has 0 radical (unpaired) electrons. The predicted octanol–water partition coefficient (Wildman–Crippen LogP) is 2.06. The molecule has 0 spiro atoms. The van der Waals surface area contributed by atoms with Crippen molar-refractivity contribution in [1.29, 1.82) is 0 Å². The highest BCUT2D eigenvalue weighted by Crippen LogP contribution is 2.18. The smallest absolute Gasteiger partial charge is 0.260 e. The number of hydrogen-bond acceptors (Lipinski definition) is 4. The lowest BCUT2D eigenvalue weighted by Gasteiger charge is -2.17. The number of carbonyl (C=O) groups excluding carboxylic acids is 1. The second kappa shape index (κ2) is 9.22. The summed E-state index contributed by atoms with van der Waals surface area (Å²) in [6, 6.07) is 7.91. The lowest BCUT2D eigenvalue weighted by molar-refractivity contribution is -0.132. The van der Waals surface area contributed by atoms with E-state index >= 15 is 0 Å². The van der Waals surface area contributed by atoms with Crippen LogP contribution < -0.4 is 10.1 Å². The number of aromatic nitrogens is 2. The first kappa shape index (κ1) is 17.5. The molecule has 0 atom stereocenters. The number of rotatable bonds is 9. The average Bonchev–Trinajstić information content (AvgIpc) is 3.34. The predicted molar refractivity (Wildman–Crippen MR) is 96.3 cm³/mol. The van der Waals surface area contributed by atoms with Gasteiger partial charge in [0, 0.05) is 44.1 Å². The molecular weight excluding hydrogens is 316 g/mol. The first-order valence-corrected chi connectivity index (χ1v) is 8.98. The van der Waals surface area contributed by atoms with Gasteiger partial charge in [0.25, 0.3) is 5.91 Å². The van der Waals surface area contributed by atoms with E-state index < -0.39 is 0 Å². The Bertz CT molecular complexity index is 651. The minimum atomic E-state index is 0.0839. The summed E-state index contributed by atoms with van der Waals surface area (Å²) in [6.07, 6.45) is 8.84. The van der Waals surface area contributed by atoms with Gasteiger partial charge in [-0.3, -0.25) is 4.79 Å². The molecule has 0 unspecified atom stereocenters. The van der Waals surface area contributed by atoms with Crippen molar-refractivity contribution >= 4 is 5.91 Å². The Labute approximate surface area is 148 Å². The summed E-state index contributed by atoms with van der Waals surface area (Å²) >= 11 is 0. The van der Waals surface area contributed by atoms with Crippen molar-refractivity contribution in [2.45, 2.75) is 32.4 Å². The van der Waals surface area contributed by atoms with Gasteiger partial charge in [0.15, 0.2) is 6.61 Å². The molecule has 1 N–H and O–H groups in total. The van der Waals surface area contributed by atoms with E-state index in [0.717, 1.165) is 63.3 Å². The van der Waals surface area contributed by atoms with Crippen molar-refractivity contribution in [3.05, 3.63) is 48.5 Å². The second-order valence-electron chi connectivity index (χ2n) is 6.32. The lowest BCUT2D eigenvalue weighted by Crippen LogP contribution is -2.32. The molecule has 1 aliphatic heterocycles. The van der Waals surface area contributed by atoms with Crippen LogP contribution in [0.2, 0.25) is 0 Å². The number of aryl methyl sites for hydroxylation is 1. The van der Waals surface area contributed by atoms with Crippen LogP contribution in [-0.2, 0) is 17.9 Å². The number of nitrogens with one attached hydrogen (secondary N) is 1. The van der Waals surface area contributed by atoms with Gasteiger partial charge in [0.05, 0.1) is 6.33 Å². The Kier molecular flexibility index (Phi) is 6.45. The van der Waals surface area contributed by atoms with Crippen LogP contribution in [0, 0.1) is 0 Å². The van der Waals surface area contributed by atoms with Crippen LogP contribution >= 0.6 is 0 Å². The third kappa shape index (κ3) is 5.32.